The summed E-state index contributed by atoms with van der Waals surface area (Å²) in [5, 5.41) is 0. The molecule has 0 spiro atoms. The van der Waals surface area contributed by atoms with E-state index in [4.69, 9.17) is 4.74 Å². The van der Waals surface area contributed by atoms with E-state index < -0.39 is 33.9 Å². The van der Waals surface area contributed by atoms with Gasteiger partial charge in [0.15, 0.2) is 6.10 Å². The quantitative estimate of drug-likeness (QED) is 0.556. The van der Waals surface area contributed by atoms with Gasteiger partial charge in [0.25, 0.3) is 5.91 Å². The molecule has 3 rings (SSSR count). The van der Waals surface area contributed by atoms with Crippen molar-refractivity contribution in [3.63, 3.8) is 0 Å². The fourth-order valence-corrected chi connectivity index (χ4v) is 5.53. The molecule has 1 saturated heterocycles. The van der Waals surface area contributed by atoms with E-state index in [0.717, 1.165) is 11.1 Å². The number of esters is 1. The van der Waals surface area contributed by atoms with Gasteiger partial charge in [-0.1, -0.05) is 18.2 Å². The molecule has 1 heterocycles. The summed E-state index contributed by atoms with van der Waals surface area (Å²) in [6, 6.07) is 11.0. The van der Waals surface area contributed by atoms with Crippen molar-refractivity contribution < 1.29 is 27.1 Å². The number of amides is 1. The molecule has 2 aromatic rings. The van der Waals surface area contributed by atoms with E-state index in [9.17, 15) is 22.4 Å². The first-order chi connectivity index (χ1) is 16.0. The molecule has 9 heteroatoms. The van der Waals surface area contributed by atoms with Crippen molar-refractivity contribution in [3.8, 4) is 0 Å². The normalized spacial score (nSPS) is 16.1. The van der Waals surface area contributed by atoms with E-state index in [1.54, 1.807) is 37.4 Å². The van der Waals surface area contributed by atoms with Crippen LogP contribution in [0.5, 0.6) is 0 Å². The smallest absolute Gasteiger partial charge is 0.309 e. The van der Waals surface area contributed by atoms with Gasteiger partial charge in [-0.2, -0.15) is 4.31 Å². The van der Waals surface area contributed by atoms with Gasteiger partial charge in [-0.25, -0.2) is 12.8 Å². The zero-order valence-electron chi connectivity index (χ0n) is 20.0. The van der Waals surface area contributed by atoms with Crippen molar-refractivity contribution in [1.29, 1.82) is 0 Å². The maximum atomic E-state index is 13.4. The van der Waals surface area contributed by atoms with E-state index in [2.05, 4.69) is 0 Å². The number of hydrogen-bond acceptors (Lipinski definition) is 5. The highest BCUT2D eigenvalue weighted by atomic mass is 32.2. The molecule has 1 aliphatic heterocycles. The number of benzene rings is 2. The zero-order valence-corrected chi connectivity index (χ0v) is 20.8. The molecule has 0 aliphatic carbocycles. The molecule has 1 amide bonds. The monoisotopic (exact) mass is 490 g/mol. The van der Waals surface area contributed by atoms with Gasteiger partial charge in [0, 0.05) is 26.7 Å². The van der Waals surface area contributed by atoms with E-state index in [1.165, 1.54) is 28.3 Å². The number of carbonyl (C=O) groups excluding carboxylic acids is 2. The maximum absolute atomic E-state index is 13.4. The number of piperidine rings is 1. The highest BCUT2D eigenvalue weighted by Gasteiger charge is 2.34. The summed E-state index contributed by atoms with van der Waals surface area (Å²) in [5.74, 6) is -1.77. The van der Waals surface area contributed by atoms with Crippen molar-refractivity contribution in [2.45, 2.75) is 51.2 Å². The molecular weight excluding hydrogens is 459 g/mol. The fourth-order valence-electron chi connectivity index (χ4n) is 3.97. The zero-order chi connectivity index (χ0) is 25.0. The van der Waals surface area contributed by atoms with E-state index in [-0.39, 0.29) is 30.3 Å². The van der Waals surface area contributed by atoms with E-state index >= 15 is 0 Å². The Bertz CT molecular complexity index is 1160. The van der Waals surface area contributed by atoms with Crippen molar-refractivity contribution in [2.75, 3.05) is 20.1 Å². The number of carbonyl (C=O) groups is 2. The molecule has 184 valence electrons. The lowest BCUT2D eigenvalue weighted by Crippen LogP contribution is -2.42. The van der Waals surface area contributed by atoms with Crippen LogP contribution in [0.15, 0.2) is 47.4 Å². The van der Waals surface area contributed by atoms with Crippen LogP contribution in [0.2, 0.25) is 0 Å². The van der Waals surface area contributed by atoms with Crippen molar-refractivity contribution in [3.05, 3.63) is 65.0 Å². The van der Waals surface area contributed by atoms with Crippen LogP contribution in [0, 0.1) is 25.6 Å². The molecule has 7 nitrogen and oxygen atoms in total. The summed E-state index contributed by atoms with van der Waals surface area (Å²) >= 11 is 0. The Balaban J connectivity index is 1.53. The van der Waals surface area contributed by atoms with Gasteiger partial charge in [0.2, 0.25) is 10.0 Å². The summed E-state index contributed by atoms with van der Waals surface area (Å²) in [7, 11) is -2.07. The standard InChI is InChI=1S/C25H31FN2O5S/c1-17-8-9-23(14-18(17)2)34(31,32)28-12-10-21(11-13-28)25(30)33-19(3)24(29)27(4)16-20-6-5-7-22(26)15-20/h5-9,14-15,19,21H,10-13,16H2,1-4H3/t19-/m0/s1. The summed E-state index contributed by atoms with van der Waals surface area (Å²) < 4.78 is 46.1. The number of sulfonamides is 1. The van der Waals surface area contributed by atoms with Gasteiger partial charge in [-0.05, 0) is 74.6 Å². The Morgan fingerprint density at radius 2 is 1.79 bits per heavy atom. The second-order valence-electron chi connectivity index (χ2n) is 8.83. The Morgan fingerprint density at radius 3 is 2.41 bits per heavy atom. The lowest BCUT2D eigenvalue weighted by atomic mass is 9.98. The maximum Gasteiger partial charge on any atom is 0.309 e. The summed E-state index contributed by atoms with van der Waals surface area (Å²) in [5.41, 5.74) is 2.55. The molecule has 0 aromatic heterocycles. The fraction of sp³-hybridized carbons (Fsp3) is 0.440. The van der Waals surface area contributed by atoms with Gasteiger partial charge in [0.05, 0.1) is 10.8 Å². The molecule has 34 heavy (non-hydrogen) atoms. The van der Waals surface area contributed by atoms with Crippen LogP contribution in [0.25, 0.3) is 0 Å². The molecule has 0 unspecified atom stereocenters. The Kier molecular flexibility index (Phi) is 8.09. The van der Waals surface area contributed by atoms with Crippen molar-refractivity contribution in [2.24, 2.45) is 5.92 Å². The number of ether oxygens (including phenoxy) is 1. The Morgan fingerprint density at radius 1 is 1.12 bits per heavy atom. The number of likely N-dealkylation sites (N-methyl/N-ethyl adjacent to an activating group) is 1. The number of rotatable bonds is 7. The lowest BCUT2D eigenvalue weighted by molar-refractivity contribution is -0.163. The van der Waals surface area contributed by atoms with Crippen LogP contribution < -0.4 is 0 Å². The Hall–Kier alpha value is -2.78. The van der Waals surface area contributed by atoms with Crippen LogP contribution in [0.1, 0.15) is 36.5 Å². The average Bonchev–Trinajstić information content (AvgIpc) is 2.80. The first-order valence-corrected chi connectivity index (χ1v) is 12.7. The van der Waals surface area contributed by atoms with Gasteiger partial charge in [0.1, 0.15) is 5.82 Å². The largest absolute Gasteiger partial charge is 0.452 e. The molecule has 1 aliphatic rings. The van der Waals surface area contributed by atoms with Crippen LogP contribution in [-0.4, -0.2) is 55.7 Å². The van der Waals surface area contributed by atoms with E-state index in [1.807, 2.05) is 13.8 Å². The van der Waals surface area contributed by atoms with Gasteiger partial charge >= 0.3 is 5.97 Å². The van der Waals surface area contributed by atoms with Gasteiger partial charge < -0.3 is 9.64 Å². The van der Waals surface area contributed by atoms with Crippen LogP contribution in [0.3, 0.4) is 0 Å². The Labute approximate surface area is 200 Å². The number of hydrogen-bond donors (Lipinski definition) is 0. The van der Waals surface area contributed by atoms with Gasteiger partial charge in [-0.3, -0.25) is 9.59 Å². The van der Waals surface area contributed by atoms with E-state index in [0.29, 0.717) is 18.4 Å². The lowest BCUT2D eigenvalue weighted by Gasteiger charge is -2.31. The minimum absolute atomic E-state index is 0.188. The van der Waals surface area contributed by atoms with Gasteiger partial charge in [-0.15, -0.1) is 0 Å². The number of aryl methyl sites for hydroxylation is 2. The third kappa shape index (κ3) is 6.01. The summed E-state index contributed by atoms with van der Waals surface area (Å²) in [6.45, 7) is 5.89. The SMILES string of the molecule is Cc1ccc(S(=O)(=O)N2CCC(C(=O)O[C@@H](C)C(=O)N(C)Cc3cccc(F)c3)CC2)cc1C. The molecule has 0 N–H and O–H groups in total. The van der Waals surface area contributed by atoms with Crippen molar-refractivity contribution in [1.82, 2.24) is 9.21 Å². The minimum atomic E-state index is -3.64. The minimum Gasteiger partial charge on any atom is -0.452 e. The topological polar surface area (TPSA) is 84.0 Å². The molecule has 0 saturated carbocycles. The summed E-state index contributed by atoms with van der Waals surface area (Å²) in [6.07, 6.45) is -0.352. The first kappa shape index (κ1) is 25.8. The predicted molar refractivity (Wildman–Crippen MR) is 126 cm³/mol. The van der Waals surface area contributed by atoms with Crippen LogP contribution in [-0.2, 0) is 30.9 Å². The molecule has 0 radical (unpaired) electrons. The molecule has 2 aromatic carbocycles. The third-order valence-electron chi connectivity index (χ3n) is 6.23. The van der Waals surface area contributed by atoms with Crippen molar-refractivity contribution >= 4 is 21.9 Å². The highest BCUT2D eigenvalue weighted by Crippen LogP contribution is 2.26. The molecule has 1 atom stereocenters. The number of halogens is 1. The van der Waals surface area contributed by atoms with Crippen LogP contribution >= 0.6 is 0 Å². The average molecular weight is 491 g/mol. The van der Waals surface area contributed by atoms with Crippen LogP contribution in [0.4, 0.5) is 4.39 Å². The molecule has 0 bridgehead atoms. The third-order valence-corrected chi connectivity index (χ3v) is 8.12. The molecular formula is C25H31FN2O5S. The number of nitrogens with zero attached hydrogens (tertiary/aromatic N) is 2. The highest BCUT2D eigenvalue weighted by molar-refractivity contribution is 7.89. The second kappa shape index (κ2) is 10.7. The summed E-state index contributed by atoms with van der Waals surface area (Å²) in [4.78, 5) is 26.9. The molecule has 1 fully saturated rings. The first-order valence-electron chi connectivity index (χ1n) is 11.3. The predicted octanol–water partition coefficient (Wildman–Crippen LogP) is 3.43. The second-order valence-corrected chi connectivity index (χ2v) is 10.8.